The number of anilines is 1. The lowest BCUT2D eigenvalue weighted by atomic mass is 9.94. The monoisotopic (exact) mass is 424 g/mol. The molecule has 0 aliphatic carbocycles. The first-order chi connectivity index (χ1) is 15.1. The van der Waals surface area contributed by atoms with Crippen molar-refractivity contribution in [3.8, 4) is 5.75 Å². The number of aromatic nitrogens is 4. The lowest BCUT2D eigenvalue weighted by molar-refractivity contribution is -0.128. The van der Waals surface area contributed by atoms with Crippen LogP contribution in [0.1, 0.15) is 48.8 Å². The van der Waals surface area contributed by atoms with Crippen molar-refractivity contribution in [2.24, 2.45) is 0 Å². The van der Waals surface area contributed by atoms with Crippen LogP contribution in [0.2, 0.25) is 0 Å². The Labute approximate surface area is 179 Å². The number of hydrogen-bond acceptors (Lipinski definition) is 6. The maximum absolute atomic E-state index is 14.5. The van der Waals surface area contributed by atoms with Crippen molar-refractivity contribution in [2.75, 3.05) is 25.0 Å². The van der Waals surface area contributed by atoms with E-state index in [9.17, 15) is 9.18 Å². The highest BCUT2D eigenvalue weighted by Crippen LogP contribution is 2.32. The molecule has 2 aliphatic rings. The van der Waals surface area contributed by atoms with E-state index in [1.54, 1.807) is 19.3 Å². The van der Waals surface area contributed by atoms with Crippen molar-refractivity contribution >= 4 is 17.5 Å². The van der Waals surface area contributed by atoms with E-state index in [0.717, 1.165) is 54.9 Å². The molecule has 0 spiro atoms. The highest BCUT2D eigenvalue weighted by molar-refractivity contribution is 5.73. The van der Waals surface area contributed by atoms with E-state index in [4.69, 9.17) is 4.74 Å². The van der Waals surface area contributed by atoms with E-state index in [1.807, 2.05) is 15.5 Å². The van der Waals surface area contributed by atoms with Crippen molar-refractivity contribution in [1.29, 1.82) is 0 Å². The van der Waals surface area contributed by atoms with Crippen LogP contribution in [0, 0.1) is 5.82 Å². The fourth-order valence-electron chi connectivity index (χ4n) is 4.65. The normalized spacial score (nSPS) is 18.5. The molecule has 3 aromatic rings. The first kappa shape index (κ1) is 19.7. The fourth-order valence-corrected chi connectivity index (χ4v) is 4.65. The summed E-state index contributed by atoms with van der Waals surface area (Å²) in [6, 6.07) is 3.13. The zero-order valence-corrected chi connectivity index (χ0v) is 17.5. The number of nitrogens with zero attached hydrogens (tertiary/aromatic N) is 5. The van der Waals surface area contributed by atoms with Gasteiger partial charge in [-0.25, -0.2) is 9.37 Å². The molecule has 1 N–H and O–H groups in total. The van der Waals surface area contributed by atoms with Crippen LogP contribution in [-0.2, 0) is 17.8 Å². The van der Waals surface area contributed by atoms with Crippen LogP contribution in [0.5, 0.6) is 5.75 Å². The molecule has 0 bridgehead atoms. The number of nitrogens with one attached hydrogen (secondary N) is 1. The molecule has 2 aromatic heterocycles. The minimum atomic E-state index is -0.248. The first-order valence-corrected chi connectivity index (χ1v) is 10.7. The van der Waals surface area contributed by atoms with Gasteiger partial charge in [-0.2, -0.15) is 0 Å². The van der Waals surface area contributed by atoms with Gasteiger partial charge in [0.05, 0.1) is 6.61 Å². The zero-order chi connectivity index (χ0) is 21.4. The van der Waals surface area contributed by atoms with Crippen LogP contribution in [0.15, 0.2) is 24.7 Å². The number of fused-ring (bicyclic) bond motifs is 2. The van der Waals surface area contributed by atoms with Gasteiger partial charge in [-0.15, -0.1) is 10.2 Å². The number of carbonyl (C=O) groups is 1. The van der Waals surface area contributed by atoms with Crippen LogP contribution >= 0.6 is 0 Å². The number of rotatable bonds is 4. The molecule has 0 radical (unpaired) electrons. The summed E-state index contributed by atoms with van der Waals surface area (Å²) < 4.78 is 21.8. The van der Waals surface area contributed by atoms with Crippen molar-refractivity contribution in [3.63, 3.8) is 0 Å². The van der Waals surface area contributed by atoms with Crippen molar-refractivity contribution in [2.45, 2.75) is 45.1 Å². The topological polar surface area (TPSA) is 84.7 Å². The third-order valence-electron chi connectivity index (χ3n) is 6.34. The van der Waals surface area contributed by atoms with E-state index in [1.165, 1.54) is 6.07 Å². The molecule has 8 nitrogen and oxygen atoms in total. The lowest BCUT2D eigenvalue weighted by Crippen LogP contribution is -2.29. The minimum Gasteiger partial charge on any atom is -0.493 e. The Morgan fingerprint density at radius 1 is 1.32 bits per heavy atom. The van der Waals surface area contributed by atoms with Gasteiger partial charge in [0.1, 0.15) is 17.9 Å². The van der Waals surface area contributed by atoms with Gasteiger partial charge >= 0.3 is 0 Å². The molecule has 9 heteroatoms. The summed E-state index contributed by atoms with van der Waals surface area (Å²) in [5.74, 6) is 1.46. The third kappa shape index (κ3) is 3.68. The molecule has 31 heavy (non-hydrogen) atoms. The SMILES string of the molecule is CC(=O)N1CCC[C@@H](c2cnc(NCc3c(F)ccc4c3CCO4)n3cnnc23)CC1. The van der Waals surface area contributed by atoms with Crippen LogP contribution in [0.3, 0.4) is 0 Å². The average molecular weight is 424 g/mol. The first-order valence-electron chi connectivity index (χ1n) is 10.7. The molecule has 1 saturated heterocycles. The predicted octanol–water partition coefficient (Wildman–Crippen LogP) is 2.93. The van der Waals surface area contributed by atoms with Gasteiger partial charge in [-0.05, 0) is 37.3 Å². The minimum absolute atomic E-state index is 0.121. The Morgan fingerprint density at radius 3 is 3.10 bits per heavy atom. The molecule has 1 amide bonds. The number of benzene rings is 1. The van der Waals surface area contributed by atoms with E-state index in [2.05, 4.69) is 20.5 Å². The molecular weight excluding hydrogens is 399 g/mol. The standard InChI is InChI=1S/C22H25FN6O2/c1-14(30)28-8-2-3-15(6-9-28)17-11-24-22(29-13-26-27-21(17)29)25-12-18-16-7-10-31-20(16)5-4-19(18)23/h4-5,11,13,15H,2-3,6-10,12H2,1H3,(H,24,25)/t15-/m1/s1. The molecule has 0 saturated carbocycles. The maximum Gasteiger partial charge on any atom is 0.219 e. The molecule has 1 fully saturated rings. The van der Waals surface area contributed by atoms with E-state index < -0.39 is 0 Å². The summed E-state index contributed by atoms with van der Waals surface area (Å²) in [5.41, 5.74) is 3.31. The molecule has 1 aromatic carbocycles. The molecular formula is C22H25FN6O2. The van der Waals surface area contributed by atoms with Gasteiger partial charge in [0.2, 0.25) is 11.9 Å². The summed E-state index contributed by atoms with van der Waals surface area (Å²) in [5, 5.41) is 11.7. The van der Waals surface area contributed by atoms with Crippen LogP contribution in [0.4, 0.5) is 10.3 Å². The van der Waals surface area contributed by atoms with Crippen LogP contribution in [0.25, 0.3) is 5.65 Å². The molecule has 4 heterocycles. The number of carbonyl (C=O) groups excluding carboxylic acids is 1. The lowest BCUT2D eigenvalue weighted by Gasteiger charge is -2.19. The van der Waals surface area contributed by atoms with Gasteiger partial charge in [-0.1, -0.05) is 0 Å². The second-order valence-corrected chi connectivity index (χ2v) is 8.15. The summed E-state index contributed by atoms with van der Waals surface area (Å²) in [7, 11) is 0. The number of amides is 1. The highest BCUT2D eigenvalue weighted by atomic mass is 19.1. The Kier molecular flexibility index (Phi) is 5.17. The second kappa shape index (κ2) is 8.13. The predicted molar refractivity (Wildman–Crippen MR) is 113 cm³/mol. The van der Waals surface area contributed by atoms with Gasteiger partial charge in [0, 0.05) is 55.9 Å². The fraction of sp³-hybridized carbons (Fsp3) is 0.455. The van der Waals surface area contributed by atoms with Crippen LogP contribution < -0.4 is 10.1 Å². The molecule has 0 unspecified atom stereocenters. The Morgan fingerprint density at radius 2 is 2.23 bits per heavy atom. The molecule has 162 valence electrons. The zero-order valence-electron chi connectivity index (χ0n) is 17.5. The van der Waals surface area contributed by atoms with Gasteiger partial charge in [-0.3, -0.25) is 9.20 Å². The van der Waals surface area contributed by atoms with E-state index in [0.29, 0.717) is 31.1 Å². The summed E-state index contributed by atoms with van der Waals surface area (Å²) >= 11 is 0. The molecule has 1 atom stereocenters. The second-order valence-electron chi connectivity index (χ2n) is 8.15. The Hall–Kier alpha value is -3.23. The Bertz CT molecular complexity index is 1130. The van der Waals surface area contributed by atoms with Crippen molar-refractivity contribution in [3.05, 3.63) is 47.2 Å². The average Bonchev–Trinajstić information content (AvgIpc) is 3.37. The summed E-state index contributed by atoms with van der Waals surface area (Å²) in [6.45, 7) is 4.03. The smallest absolute Gasteiger partial charge is 0.219 e. The van der Waals surface area contributed by atoms with Crippen LogP contribution in [-0.4, -0.2) is 50.1 Å². The van der Waals surface area contributed by atoms with Gasteiger partial charge in [0.15, 0.2) is 5.65 Å². The highest BCUT2D eigenvalue weighted by Gasteiger charge is 2.24. The Balaban J connectivity index is 1.39. The number of likely N-dealkylation sites (tertiary alicyclic amines) is 1. The third-order valence-corrected chi connectivity index (χ3v) is 6.34. The number of ether oxygens (including phenoxy) is 1. The molecule has 5 rings (SSSR count). The molecule has 2 aliphatic heterocycles. The number of halogens is 1. The van der Waals surface area contributed by atoms with Crippen molar-refractivity contribution in [1.82, 2.24) is 24.5 Å². The van der Waals surface area contributed by atoms with Crippen molar-refractivity contribution < 1.29 is 13.9 Å². The largest absolute Gasteiger partial charge is 0.493 e. The van der Waals surface area contributed by atoms with E-state index in [-0.39, 0.29) is 17.6 Å². The quantitative estimate of drug-likeness (QED) is 0.693. The van der Waals surface area contributed by atoms with Gasteiger partial charge in [0.25, 0.3) is 0 Å². The van der Waals surface area contributed by atoms with E-state index >= 15 is 0 Å². The summed E-state index contributed by atoms with van der Waals surface area (Å²) in [4.78, 5) is 18.3. The van der Waals surface area contributed by atoms with Gasteiger partial charge < -0.3 is 15.0 Å². The summed E-state index contributed by atoms with van der Waals surface area (Å²) in [6.07, 6.45) is 6.97. The number of hydrogen-bond donors (Lipinski definition) is 1. The maximum atomic E-state index is 14.5.